The molecule has 3 fully saturated rings. The summed E-state index contributed by atoms with van der Waals surface area (Å²) in [7, 11) is 1.37. The number of likely N-dealkylation sites (N-methyl/N-ethyl adjacent to an activating group) is 2. The molecule has 0 unspecified atom stereocenters. The smallest absolute Gasteiger partial charge is 0.309 e. The Hall–Kier alpha value is -1.42. The molecule has 1 saturated carbocycles. The zero-order valence-electron chi connectivity index (χ0n) is 16.9. The predicted octanol–water partition coefficient (Wildman–Crippen LogP) is 4.30. The summed E-state index contributed by atoms with van der Waals surface area (Å²) in [6.45, 7) is 0.460. The maximum Gasteiger partial charge on any atom is 0.309 e. The molecule has 5 nitrogen and oxygen atoms in total. The van der Waals surface area contributed by atoms with E-state index in [-0.39, 0.29) is 17.8 Å². The van der Waals surface area contributed by atoms with Gasteiger partial charge in [-0.2, -0.15) is 0 Å². The first kappa shape index (κ1) is 19.9. The molecule has 4 rings (SSSR count). The van der Waals surface area contributed by atoms with Crippen LogP contribution in [0.25, 0.3) is 0 Å². The van der Waals surface area contributed by atoms with E-state index in [1.807, 2.05) is 44.2 Å². The Morgan fingerprint density at radius 2 is 1.75 bits per heavy atom. The van der Waals surface area contributed by atoms with Crippen molar-refractivity contribution in [3.05, 3.63) is 47.8 Å². The second kappa shape index (κ2) is 8.14. The van der Waals surface area contributed by atoms with Crippen LogP contribution in [0.2, 0.25) is 0 Å². The van der Waals surface area contributed by atoms with Crippen molar-refractivity contribution in [3.63, 3.8) is 0 Å². The molecule has 0 radical (unpaired) electrons. The highest BCUT2D eigenvalue weighted by atomic mass is 31.2. The molecule has 6 heteroatoms. The Bertz CT molecular complexity index is 759. The SMILES string of the molecule is CN1[C@@H]2CCCC[C@H]2N(C)P1(=O)/C=C/C[C@@H]1COC(=O)[C@H]1Cc1ccccc1. The molecule has 1 aromatic rings. The van der Waals surface area contributed by atoms with Gasteiger partial charge in [0, 0.05) is 23.8 Å². The molecule has 3 aliphatic rings. The highest BCUT2D eigenvalue weighted by Crippen LogP contribution is 2.62. The number of nitrogens with zero attached hydrogens (tertiary/aromatic N) is 2. The maximum atomic E-state index is 13.7. The third kappa shape index (κ3) is 3.60. The number of ether oxygens (including phenoxy) is 1. The summed E-state index contributed by atoms with van der Waals surface area (Å²) in [6.07, 6.45) is 8.19. The second-order valence-corrected chi connectivity index (χ2v) is 11.2. The van der Waals surface area contributed by atoms with Crippen LogP contribution in [0.5, 0.6) is 0 Å². The van der Waals surface area contributed by atoms with Gasteiger partial charge in [-0.15, -0.1) is 0 Å². The molecule has 0 bridgehead atoms. The number of carbonyl (C=O) groups excluding carboxylic acids is 1. The standard InChI is InChI=1S/C22H31N2O3P/c1-23-20-12-6-7-13-21(20)24(2)28(23,26)14-8-11-18-16-27-22(25)19(18)15-17-9-4-3-5-10-17/h3-5,8-10,14,18-21H,6-7,11-13,15-16H2,1-2H3/b14-8+/t18-,19+,20-,21-/m1/s1. The third-order valence-electron chi connectivity index (χ3n) is 6.91. The van der Waals surface area contributed by atoms with Gasteiger partial charge in [-0.05, 0) is 45.3 Å². The van der Waals surface area contributed by atoms with Crippen LogP contribution in [-0.2, 0) is 20.5 Å². The van der Waals surface area contributed by atoms with E-state index in [4.69, 9.17) is 4.74 Å². The van der Waals surface area contributed by atoms with Gasteiger partial charge < -0.3 is 4.74 Å². The van der Waals surface area contributed by atoms with Gasteiger partial charge in [0.15, 0.2) is 0 Å². The van der Waals surface area contributed by atoms with Crippen molar-refractivity contribution >= 4 is 13.4 Å². The number of rotatable bonds is 5. The molecule has 28 heavy (non-hydrogen) atoms. The first-order chi connectivity index (χ1) is 13.5. The summed E-state index contributed by atoms with van der Waals surface area (Å²) in [5.41, 5.74) is 1.16. The van der Waals surface area contributed by atoms with Crippen LogP contribution in [0, 0.1) is 11.8 Å². The molecule has 0 N–H and O–H groups in total. The summed E-state index contributed by atoms with van der Waals surface area (Å²) < 4.78 is 23.3. The van der Waals surface area contributed by atoms with Crippen LogP contribution in [-0.4, -0.2) is 48.1 Å². The molecule has 0 amide bonds. The van der Waals surface area contributed by atoms with Crippen LogP contribution in [0.1, 0.15) is 37.7 Å². The molecule has 0 spiro atoms. The highest BCUT2D eigenvalue weighted by Gasteiger charge is 2.50. The molecule has 2 aliphatic heterocycles. The zero-order valence-corrected chi connectivity index (χ0v) is 17.8. The fourth-order valence-electron chi connectivity index (χ4n) is 5.15. The number of allylic oxidation sites excluding steroid dienone is 1. The Morgan fingerprint density at radius 1 is 1.11 bits per heavy atom. The number of carbonyl (C=O) groups is 1. The number of hydrogen-bond acceptors (Lipinski definition) is 3. The molecule has 4 atom stereocenters. The number of esters is 1. The monoisotopic (exact) mass is 402 g/mol. The Kier molecular flexibility index (Phi) is 5.78. The summed E-state index contributed by atoms with van der Waals surface area (Å²) in [5.74, 6) is 1.86. The summed E-state index contributed by atoms with van der Waals surface area (Å²) in [6, 6.07) is 10.9. The topological polar surface area (TPSA) is 49.9 Å². The van der Waals surface area contributed by atoms with Crippen molar-refractivity contribution < 1.29 is 14.1 Å². The third-order valence-corrected chi connectivity index (χ3v) is 9.91. The summed E-state index contributed by atoms with van der Waals surface area (Å²) >= 11 is 0. The maximum absolute atomic E-state index is 13.7. The number of hydrogen-bond donors (Lipinski definition) is 0. The normalized spacial score (nSPS) is 33.3. The van der Waals surface area contributed by atoms with Crippen molar-refractivity contribution in [2.45, 2.75) is 50.6 Å². The van der Waals surface area contributed by atoms with Crippen LogP contribution >= 0.6 is 7.44 Å². The lowest BCUT2D eigenvalue weighted by Crippen LogP contribution is -2.37. The minimum Gasteiger partial charge on any atom is -0.465 e. The van der Waals surface area contributed by atoms with E-state index < -0.39 is 7.44 Å². The molecule has 152 valence electrons. The van der Waals surface area contributed by atoms with E-state index in [1.165, 1.54) is 12.8 Å². The Balaban J connectivity index is 1.43. The minimum absolute atomic E-state index is 0.102. The molecular weight excluding hydrogens is 371 g/mol. The number of benzene rings is 1. The van der Waals surface area contributed by atoms with E-state index in [2.05, 4.69) is 21.5 Å². The Morgan fingerprint density at radius 3 is 2.39 bits per heavy atom. The fraction of sp³-hybridized carbons (Fsp3) is 0.591. The lowest BCUT2D eigenvalue weighted by Gasteiger charge is -2.28. The summed E-state index contributed by atoms with van der Waals surface area (Å²) in [4.78, 5) is 12.2. The fourth-order valence-corrected chi connectivity index (χ4v) is 7.80. The van der Waals surface area contributed by atoms with Gasteiger partial charge in [-0.25, -0.2) is 9.34 Å². The van der Waals surface area contributed by atoms with Crippen molar-refractivity contribution in [3.8, 4) is 0 Å². The Labute approximate surface area is 168 Å². The van der Waals surface area contributed by atoms with Gasteiger partial charge in [0.05, 0.1) is 12.5 Å². The van der Waals surface area contributed by atoms with E-state index in [9.17, 15) is 9.36 Å². The minimum atomic E-state index is -2.66. The lowest BCUT2D eigenvalue weighted by molar-refractivity contribution is -0.141. The predicted molar refractivity (Wildman–Crippen MR) is 111 cm³/mol. The van der Waals surface area contributed by atoms with Gasteiger partial charge >= 0.3 is 5.97 Å². The van der Waals surface area contributed by atoms with Crippen LogP contribution in [0.3, 0.4) is 0 Å². The average molecular weight is 402 g/mol. The van der Waals surface area contributed by atoms with Crippen LogP contribution < -0.4 is 0 Å². The van der Waals surface area contributed by atoms with E-state index in [0.717, 1.165) is 24.8 Å². The number of fused-ring (bicyclic) bond motifs is 1. The van der Waals surface area contributed by atoms with Crippen LogP contribution in [0.15, 0.2) is 42.2 Å². The molecular formula is C22H31N2O3P. The summed E-state index contributed by atoms with van der Waals surface area (Å²) in [5, 5.41) is 0. The highest BCUT2D eigenvalue weighted by molar-refractivity contribution is 7.62. The van der Waals surface area contributed by atoms with E-state index in [0.29, 0.717) is 25.1 Å². The van der Waals surface area contributed by atoms with Crippen molar-refractivity contribution in [2.75, 3.05) is 20.7 Å². The molecule has 2 saturated heterocycles. The quantitative estimate of drug-likeness (QED) is 0.543. The average Bonchev–Trinajstić information content (AvgIpc) is 3.15. The first-order valence-corrected chi connectivity index (χ1v) is 12.1. The zero-order chi connectivity index (χ0) is 19.7. The van der Waals surface area contributed by atoms with Gasteiger partial charge in [0.2, 0.25) is 7.44 Å². The van der Waals surface area contributed by atoms with Crippen molar-refractivity contribution in [1.82, 2.24) is 9.34 Å². The number of cyclic esters (lactones) is 1. The van der Waals surface area contributed by atoms with E-state index >= 15 is 0 Å². The molecule has 1 aromatic carbocycles. The van der Waals surface area contributed by atoms with E-state index in [1.54, 1.807) is 0 Å². The van der Waals surface area contributed by atoms with Crippen molar-refractivity contribution in [2.24, 2.45) is 11.8 Å². The molecule has 2 heterocycles. The first-order valence-electron chi connectivity index (χ1n) is 10.5. The van der Waals surface area contributed by atoms with Gasteiger partial charge in [0.1, 0.15) is 0 Å². The molecule has 1 aliphatic carbocycles. The largest absolute Gasteiger partial charge is 0.465 e. The van der Waals surface area contributed by atoms with Gasteiger partial charge in [0.25, 0.3) is 0 Å². The molecule has 0 aromatic heterocycles. The van der Waals surface area contributed by atoms with Crippen LogP contribution in [0.4, 0.5) is 0 Å². The van der Waals surface area contributed by atoms with Gasteiger partial charge in [-0.1, -0.05) is 49.2 Å². The van der Waals surface area contributed by atoms with Crippen molar-refractivity contribution in [1.29, 1.82) is 0 Å². The lowest BCUT2D eigenvalue weighted by atomic mass is 9.87. The van der Waals surface area contributed by atoms with Gasteiger partial charge in [-0.3, -0.25) is 9.36 Å². The second-order valence-electron chi connectivity index (χ2n) is 8.46.